The zero-order valence-electron chi connectivity index (χ0n) is 10.9. The van der Waals surface area contributed by atoms with Crippen molar-refractivity contribution in [2.75, 3.05) is 0 Å². The monoisotopic (exact) mass is 277 g/mol. The minimum Gasteiger partial charge on any atom is -0.390 e. The van der Waals surface area contributed by atoms with E-state index in [0.29, 0.717) is 12.8 Å². The summed E-state index contributed by atoms with van der Waals surface area (Å²) in [6.45, 7) is 3.63. The fraction of sp³-hybridized carbons (Fsp3) is 0.615. The van der Waals surface area contributed by atoms with Crippen molar-refractivity contribution in [3.63, 3.8) is 0 Å². The number of hydrogen-bond donors (Lipinski definition) is 2. The Morgan fingerprint density at radius 3 is 2.26 bits per heavy atom. The second-order valence-electron chi connectivity index (χ2n) is 4.47. The van der Waals surface area contributed by atoms with Crippen molar-refractivity contribution in [2.45, 2.75) is 45.1 Å². The molecule has 0 aliphatic rings. The van der Waals surface area contributed by atoms with Gasteiger partial charge in [0.2, 0.25) is 0 Å². The molecule has 2 N–H and O–H groups in total. The average Bonchev–Trinajstić information content (AvgIpc) is 2.38. The largest absolute Gasteiger partial charge is 0.416 e. The Morgan fingerprint density at radius 2 is 1.79 bits per heavy atom. The molecule has 19 heavy (non-hydrogen) atoms. The van der Waals surface area contributed by atoms with Crippen LogP contribution >= 0.6 is 0 Å². The first-order valence-electron chi connectivity index (χ1n) is 6.20. The summed E-state index contributed by atoms with van der Waals surface area (Å²) in [5.74, 6) is -0.253. The van der Waals surface area contributed by atoms with Crippen LogP contribution in [-0.4, -0.2) is 21.3 Å². The second kappa shape index (κ2) is 6.34. The fourth-order valence-corrected chi connectivity index (χ4v) is 2.11. The van der Waals surface area contributed by atoms with Gasteiger partial charge in [0.1, 0.15) is 6.10 Å². The number of nitrogens with zero attached hydrogens (tertiary/aromatic N) is 1. The van der Waals surface area contributed by atoms with E-state index in [-0.39, 0.29) is 11.5 Å². The highest BCUT2D eigenvalue weighted by Gasteiger charge is 2.37. The highest BCUT2D eigenvalue weighted by Crippen LogP contribution is 2.36. The Balaban J connectivity index is 3.09. The normalized spacial score (nSPS) is 15.6. The molecule has 2 atom stereocenters. The van der Waals surface area contributed by atoms with Gasteiger partial charge in [0.05, 0.1) is 11.7 Å². The van der Waals surface area contributed by atoms with Gasteiger partial charge in [0.15, 0.2) is 0 Å². The van der Waals surface area contributed by atoms with E-state index in [0.717, 1.165) is 18.5 Å². The first kappa shape index (κ1) is 15.9. The Morgan fingerprint density at radius 1 is 1.21 bits per heavy atom. The number of aliphatic hydroxyl groups is 2. The van der Waals surface area contributed by atoms with Crippen LogP contribution in [0.2, 0.25) is 0 Å². The molecule has 0 saturated heterocycles. The number of hydrogen-bond acceptors (Lipinski definition) is 3. The van der Waals surface area contributed by atoms with Gasteiger partial charge in [-0.05, 0) is 12.0 Å². The number of halogens is 3. The molecule has 1 aromatic rings. The molecule has 0 fully saturated rings. The highest BCUT2D eigenvalue weighted by molar-refractivity contribution is 5.29. The van der Waals surface area contributed by atoms with Crippen LogP contribution in [0.3, 0.4) is 0 Å². The lowest BCUT2D eigenvalue weighted by atomic mass is 9.88. The minimum atomic E-state index is -4.58. The summed E-state index contributed by atoms with van der Waals surface area (Å²) >= 11 is 0. The molecule has 1 heterocycles. The molecular weight excluding hydrogens is 259 g/mol. The van der Waals surface area contributed by atoms with E-state index in [1.54, 1.807) is 0 Å². The predicted molar refractivity (Wildman–Crippen MR) is 64.3 cm³/mol. The summed E-state index contributed by atoms with van der Waals surface area (Å²) in [5.41, 5.74) is -1.34. The molecule has 3 nitrogen and oxygen atoms in total. The van der Waals surface area contributed by atoms with Crippen LogP contribution < -0.4 is 0 Å². The maximum absolute atomic E-state index is 12.8. The van der Waals surface area contributed by atoms with Gasteiger partial charge >= 0.3 is 6.18 Å². The third-order valence-electron chi connectivity index (χ3n) is 3.33. The van der Waals surface area contributed by atoms with Crippen molar-refractivity contribution < 1.29 is 23.4 Å². The van der Waals surface area contributed by atoms with Gasteiger partial charge in [-0.2, -0.15) is 13.2 Å². The molecule has 6 heteroatoms. The number of rotatable bonds is 5. The van der Waals surface area contributed by atoms with Gasteiger partial charge in [0.25, 0.3) is 0 Å². The summed E-state index contributed by atoms with van der Waals surface area (Å²) in [5, 5.41) is 20.0. The first-order valence-corrected chi connectivity index (χ1v) is 6.20. The molecule has 0 aromatic carbocycles. The van der Waals surface area contributed by atoms with E-state index in [1.165, 1.54) is 0 Å². The lowest BCUT2D eigenvalue weighted by molar-refractivity contribution is -0.140. The van der Waals surface area contributed by atoms with Crippen molar-refractivity contribution >= 4 is 0 Å². The molecule has 0 radical (unpaired) electrons. The summed E-state index contributed by atoms with van der Waals surface area (Å²) < 4.78 is 38.4. The smallest absolute Gasteiger partial charge is 0.390 e. The highest BCUT2D eigenvalue weighted by atomic mass is 19.4. The third kappa shape index (κ3) is 3.67. The molecule has 0 saturated carbocycles. The predicted octanol–water partition coefficient (Wildman–Crippen LogP) is 2.93. The zero-order valence-corrected chi connectivity index (χ0v) is 10.9. The van der Waals surface area contributed by atoms with Crippen molar-refractivity contribution in [3.8, 4) is 0 Å². The van der Waals surface area contributed by atoms with E-state index in [2.05, 4.69) is 4.98 Å². The maximum Gasteiger partial charge on any atom is 0.416 e. The first-order chi connectivity index (χ1) is 8.82. The molecular formula is C13H18F3NO2. The van der Waals surface area contributed by atoms with E-state index in [4.69, 9.17) is 0 Å². The number of pyridine rings is 1. The van der Waals surface area contributed by atoms with Gasteiger partial charge in [0, 0.05) is 18.0 Å². The van der Waals surface area contributed by atoms with E-state index in [9.17, 15) is 23.4 Å². The van der Waals surface area contributed by atoms with Crippen LogP contribution in [0.5, 0.6) is 0 Å². The summed E-state index contributed by atoms with van der Waals surface area (Å²) in [6.07, 6.45) is -4.27. The molecule has 1 aromatic heterocycles. The minimum absolute atomic E-state index is 0.253. The molecule has 2 unspecified atom stereocenters. The lowest BCUT2D eigenvalue weighted by Gasteiger charge is -2.26. The number of aliphatic hydroxyl groups excluding tert-OH is 2. The van der Waals surface area contributed by atoms with Crippen molar-refractivity contribution in [1.82, 2.24) is 4.98 Å². The molecule has 108 valence electrons. The van der Waals surface area contributed by atoms with Gasteiger partial charge < -0.3 is 10.2 Å². The van der Waals surface area contributed by atoms with E-state index < -0.39 is 23.9 Å². The molecule has 0 bridgehead atoms. The Hall–Kier alpha value is -1.14. The van der Waals surface area contributed by atoms with Crippen LogP contribution in [0.15, 0.2) is 18.5 Å². The standard InChI is InChI=1S/C13H18F3NO2/c1-3-8(4-2)11(18)12(19)9-7-17-6-5-10(9)13(14,15)16/h5-8,11-12,18-19H,3-4H2,1-2H3. The zero-order chi connectivity index (χ0) is 14.6. The Kier molecular flexibility index (Phi) is 5.31. The lowest BCUT2D eigenvalue weighted by Crippen LogP contribution is -2.28. The molecule has 0 spiro atoms. The van der Waals surface area contributed by atoms with Gasteiger partial charge in [-0.25, -0.2) is 0 Å². The van der Waals surface area contributed by atoms with Crippen molar-refractivity contribution in [3.05, 3.63) is 29.6 Å². The molecule has 1 rings (SSSR count). The fourth-order valence-electron chi connectivity index (χ4n) is 2.11. The molecule has 0 amide bonds. The van der Waals surface area contributed by atoms with Crippen LogP contribution in [0, 0.1) is 5.92 Å². The molecule has 0 aliphatic heterocycles. The summed E-state index contributed by atoms with van der Waals surface area (Å²) in [6, 6.07) is 0.804. The molecule has 0 aliphatic carbocycles. The summed E-state index contributed by atoms with van der Waals surface area (Å²) in [4.78, 5) is 3.60. The van der Waals surface area contributed by atoms with Crippen molar-refractivity contribution in [2.24, 2.45) is 5.92 Å². The maximum atomic E-state index is 12.8. The Labute approximate surface area is 110 Å². The van der Waals surface area contributed by atoms with Gasteiger partial charge in [-0.3, -0.25) is 4.98 Å². The van der Waals surface area contributed by atoms with Gasteiger partial charge in [-0.15, -0.1) is 0 Å². The Bertz CT molecular complexity index is 405. The van der Waals surface area contributed by atoms with E-state index in [1.807, 2.05) is 13.8 Å². The average molecular weight is 277 g/mol. The summed E-state index contributed by atoms with van der Waals surface area (Å²) in [7, 11) is 0. The van der Waals surface area contributed by atoms with E-state index >= 15 is 0 Å². The van der Waals surface area contributed by atoms with Gasteiger partial charge in [-0.1, -0.05) is 26.7 Å². The second-order valence-corrected chi connectivity index (χ2v) is 4.47. The van der Waals surface area contributed by atoms with Crippen LogP contribution in [0.1, 0.15) is 43.9 Å². The number of alkyl halides is 3. The quantitative estimate of drug-likeness (QED) is 0.870. The van der Waals surface area contributed by atoms with Crippen LogP contribution in [-0.2, 0) is 6.18 Å². The van der Waals surface area contributed by atoms with Crippen LogP contribution in [0.4, 0.5) is 13.2 Å². The van der Waals surface area contributed by atoms with Crippen molar-refractivity contribution in [1.29, 1.82) is 0 Å². The third-order valence-corrected chi connectivity index (χ3v) is 3.33. The topological polar surface area (TPSA) is 53.4 Å². The SMILES string of the molecule is CCC(CC)C(O)C(O)c1cnccc1C(F)(F)F. The van der Waals surface area contributed by atoms with Crippen LogP contribution in [0.25, 0.3) is 0 Å². The number of aromatic nitrogens is 1.